The number of hydrogen-bond donors (Lipinski definition) is 3. The molecule has 8 heteroatoms. The van der Waals surface area contributed by atoms with Crippen LogP contribution in [0.25, 0.3) is 0 Å². The van der Waals surface area contributed by atoms with E-state index in [9.17, 15) is 19.2 Å². The van der Waals surface area contributed by atoms with Crippen LogP contribution >= 0.6 is 0 Å². The third-order valence-electron chi connectivity index (χ3n) is 6.41. The number of amides is 4. The van der Waals surface area contributed by atoms with Crippen LogP contribution in [-0.4, -0.2) is 52.7 Å². The summed E-state index contributed by atoms with van der Waals surface area (Å²) in [6.45, 7) is 0.501. The molecule has 0 aromatic heterocycles. The molecule has 3 N–H and O–H groups in total. The number of nitrogens with one attached hydrogen (secondary N) is 3. The van der Waals surface area contributed by atoms with Crippen LogP contribution in [0.5, 0.6) is 0 Å². The second-order valence-corrected chi connectivity index (χ2v) is 8.06. The molecule has 0 saturated carbocycles. The SMILES string of the molecule is O=C1CCC(N2C(=O)c3cccc(CN[C@@H]4C[C@@H]5CC[C@H]4N5)c3C2=O)C(=O)N1. The lowest BCUT2D eigenvalue weighted by atomic mass is 9.95. The number of benzene rings is 1. The number of nitrogens with zero attached hydrogens (tertiary/aromatic N) is 1. The van der Waals surface area contributed by atoms with Crippen molar-refractivity contribution < 1.29 is 19.2 Å². The Hall–Kier alpha value is -2.58. The van der Waals surface area contributed by atoms with Gasteiger partial charge in [0.1, 0.15) is 6.04 Å². The number of hydrogen-bond acceptors (Lipinski definition) is 6. The van der Waals surface area contributed by atoms with Gasteiger partial charge in [0, 0.05) is 31.1 Å². The summed E-state index contributed by atoms with van der Waals surface area (Å²) in [5.74, 6) is -1.86. The maximum absolute atomic E-state index is 13.1. The van der Waals surface area contributed by atoms with Crippen LogP contribution in [-0.2, 0) is 16.1 Å². The van der Waals surface area contributed by atoms with E-state index in [4.69, 9.17) is 0 Å². The molecular formula is C20H22N4O4. The van der Waals surface area contributed by atoms with Gasteiger partial charge in [-0.05, 0) is 37.3 Å². The van der Waals surface area contributed by atoms with Gasteiger partial charge in [-0.25, -0.2) is 0 Å². The van der Waals surface area contributed by atoms with Gasteiger partial charge in [0.2, 0.25) is 11.8 Å². The highest BCUT2D eigenvalue weighted by Crippen LogP contribution is 2.31. The number of rotatable bonds is 4. The molecule has 0 radical (unpaired) electrons. The molecule has 5 rings (SSSR count). The summed E-state index contributed by atoms with van der Waals surface area (Å²) < 4.78 is 0. The van der Waals surface area contributed by atoms with Gasteiger partial charge >= 0.3 is 0 Å². The summed E-state index contributed by atoms with van der Waals surface area (Å²) in [5.41, 5.74) is 1.48. The minimum atomic E-state index is -0.930. The lowest BCUT2D eigenvalue weighted by Gasteiger charge is -2.28. The molecule has 1 aromatic carbocycles. The second-order valence-electron chi connectivity index (χ2n) is 8.06. The van der Waals surface area contributed by atoms with Crippen LogP contribution in [0, 0.1) is 0 Å². The van der Waals surface area contributed by atoms with Gasteiger partial charge in [0.05, 0.1) is 11.1 Å². The van der Waals surface area contributed by atoms with E-state index in [-0.39, 0.29) is 18.7 Å². The molecule has 3 fully saturated rings. The maximum atomic E-state index is 13.1. The Morgan fingerprint density at radius 3 is 2.64 bits per heavy atom. The van der Waals surface area contributed by atoms with Crippen molar-refractivity contribution in [1.82, 2.24) is 20.9 Å². The van der Waals surface area contributed by atoms with Gasteiger partial charge in [-0.3, -0.25) is 29.4 Å². The summed E-state index contributed by atoms with van der Waals surface area (Å²) in [7, 11) is 0. The summed E-state index contributed by atoms with van der Waals surface area (Å²) in [6, 6.07) is 5.74. The molecule has 4 aliphatic heterocycles. The molecular weight excluding hydrogens is 360 g/mol. The molecule has 0 aliphatic carbocycles. The van der Waals surface area contributed by atoms with Crippen LogP contribution in [0.4, 0.5) is 0 Å². The summed E-state index contributed by atoms with van der Waals surface area (Å²) >= 11 is 0. The van der Waals surface area contributed by atoms with E-state index >= 15 is 0 Å². The predicted molar refractivity (Wildman–Crippen MR) is 98.3 cm³/mol. The fraction of sp³-hybridized carbons (Fsp3) is 0.500. The molecule has 146 valence electrons. The smallest absolute Gasteiger partial charge is 0.262 e. The van der Waals surface area contributed by atoms with Gasteiger partial charge in [-0.1, -0.05) is 12.1 Å². The molecule has 0 spiro atoms. The fourth-order valence-electron chi connectivity index (χ4n) is 5.02. The van der Waals surface area contributed by atoms with Gasteiger partial charge in [-0.2, -0.15) is 0 Å². The Kier molecular flexibility index (Phi) is 4.06. The highest BCUT2D eigenvalue weighted by Gasteiger charge is 2.45. The third-order valence-corrected chi connectivity index (χ3v) is 6.41. The summed E-state index contributed by atoms with van der Waals surface area (Å²) in [4.78, 5) is 50.6. The Labute approximate surface area is 162 Å². The molecule has 3 saturated heterocycles. The van der Waals surface area contributed by atoms with Crippen molar-refractivity contribution in [2.75, 3.05) is 0 Å². The van der Waals surface area contributed by atoms with E-state index in [1.165, 1.54) is 6.42 Å². The largest absolute Gasteiger partial charge is 0.310 e. The summed E-state index contributed by atoms with van der Waals surface area (Å²) in [5, 5.41) is 9.34. The lowest BCUT2D eigenvalue weighted by Crippen LogP contribution is -2.54. The van der Waals surface area contributed by atoms with Crippen molar-refractivity contribution in [1.29, 1.82) is 0 Å². The average molecular weight is 382 g/mol. The minimum absolute atomic E-state index is 0.120. The first-order chi connectivity index (χ1) is 13.5. The first kappa shape index (κ1) is 17.5. The number of carbonyl (C=O) groups is 4. The molecule has 2 bridgehead atoms. The minimum Gasteiger partial charge on any atom is -0.310 e. The number of fused-ring (bicyclic) bond motifs is 3. The maximum Gasteiger partial charge on any atom is 0.262 e. The van der Waals surface area contributed by atoms with E-state index in [1.54, 1.807) is 12.1 Å². The molecule has 28 heavy (non-hydrogen) atoms. The standard InChI is InChI=1S/C20H22N4O4/c25-16-7-6-15(18(26)23-16)24-19(27)12-3-1-2-10(17(12)20(24)28)9-21-14-8-11-4-5-13(14)22-11/h1-3,11,13-15,21-22H,4-9H2,(H,23,25,26)/t11-,13+,14+,15?/m0/s1. The molecule has 4 aliphatic rings. The molecule has 1 unspecified atom stereocenters. The van der Waals surface area contributed by atoms with Gasteiger partial charge in [0.15, 0.2) is 0 Å². The second kappa shape index (κ2) is 6.49. The van der Waals surface area contributed by atoms with Crippen LogP contribution < -0.4 is 16.0 Å². The number of carbonyl (C=O) groups excluding carboxylic acids is 4. The zero-order chi connectivity index (χ0) is 19.4. The molecule has 1 aromatic rings. The number of piperidine rings is 1. The van der Waals surface area contributed by atoms with Crippen LogP contribution in [0.2, 0.25) is 0 Å². The Morgan fingerprint density at radius 2 is 1.93 bits per heavy atom. The van der Waals surface area contributed by atoms with Crippen molar-refractivity contribution in [3.8, 4) is 0 Å². The van der Waals surface area contributed by atoms with E-state index in [2.05, 4.69) is 16.0 Å². The Balaban J connectivity index is 1.37. The van der Waals surface area contributed by atoms with E-state index in [1.807, 2.05) is 6.07 Å². The van der Waals surface area contributed by atoms with Crippen LogP contribution in [0.15, 0.2) is 18.2 Å². The zero-order valence-electron chi connectivity index (χ0n) is 15.4. The molecule has 4 amide bonds. The van der Waals surface area contributed by atoms with Gasteiger partial charge < -0.3 is 10.6 Å². The predicted octanol–water partition coefficient (Wildman–Crippen LogP) is 0.0703. The van der Waals surface area contributed by atoms with E-state index < -0.39 is 23.8 Å². The lowest BCUT2D eigenvalue weighted by molar-refractivity contribution is -0.136. The first-order valence-electron chi connectivity index (χ1n) is 9.86. The van der Waals surface area contributed by atoms with Crippen molar-refractivity contribution >= 4 is 23.6 Å². The van der Waals surface area contributed by atoms with E-state index in [0.29, 0.717) is 35.8 Å². The molecule has 8 nitrogen and oxygen atoms in total. The van der Waals surface area contributed by atoms with Gasteiger partial charge in [0.25, 0.3) is 11.8 Å². The van der Waals surface area contributed by atoms with E-state index in [0.717, 1.165) is 23.3 Å². The highest BCUT2D eigenvalue weighted by atomic mass is 16.2. The van der Waals surface area contributed by atoms with Crippen molar-refractivity contribution in [3.63, 3.8) is 0 Å². The average Bonchev–Trinajstić information content (AvgIpc) is 3.36. The fourth-order valence-corrected chi connectivity index (χ4v) is 5.02. The molecule has 4 heterocycles. The van der Waals surface area contributed by atoms with Crippen LogP contribution in [0.1, 0.15) is 58.4 Å². The Bertz CT molecular complexity index is 898. The van der Waals surface area contributed by atoms with Gasteiger partial charge in [-0.15, -0.1) is 0 Å². The topological polar surface area (TPSA) is 108 Å². The van der Waals surface area contributed by atoms with Crippen molar-refractivity contribution in [3.05, 3.63) is 34.9 Å². The zero-order valence-corrected chi connectivity index (χ0v) is 15.4. The third kappa shape index (κ3) is 2.67. The highest BCUT2D eigenvalue weighted by molar-refractivity contribution is 6.24. The monoisotopic (exact) mass is 382 g/mol. The van der Waals surface area contributed by atoms with Crippen molar-refractivity contribution in [2.24, 2.45) is 0 Å². The normalized spacial score (nSPS) is 31.5. The molecule has 4 atom stereocenters. The van der Waals surface area contributed by atoms with Crippen LogP contribution in [0.3, 0.4) is 0 Å². The summed E-state index contributed by atoms with van der Waals surface area (Å²) in [6.07, 6.45) is 3.75. The number of imide groups is 2. The Morgan fingerprint density at radius 1 is 1.07 bits per heavy atom. The first-order valence-corrected chi connectivity index (χ1v) is 9.86. The van der Waals surface area contributed by atoms with Crippen molar-refractivity contribution in [2.45, 2.75) is 62.8 Å². The quantitative estimate of drug-likeness (QED) is 0.636.